The Balaban J connectivity index is 1.46. The minimum absolute atomic E-state index is 0.824. The number of nitrogens with one attached hydrogen (secondary N) is 1. The summed E-state index contributed by atoms with van der Waals surface area (Å²) in [4.78, 5) is 9.60. The summed E-state index contributed by atoms with van der Waals surface area (Å²) in [7, 11) is 0. The maximum Gasteiger partial charge on any atom is 0.164 e. The maximum absolute atomic E-state index is 4.39. The van der Waals surface area contributed by atoms with Gasteiger partial charge in [-0.25, -0.2) is 4.98 Å². The lowest BCUT2D eigenvalue weighted by Crippen LogP contribution is -2.46. The minimum atomic E-state index is 0.824. The molecule has 0 atom stereocenters. The van der Waals surface area contributed by atoms with Crippen LogP contribution in [0.25, 0.3) is 0 Å². The molecule has 0 amide bonds. The number of piperidine rings is 2. The number of likely N-dealkylation sites (tertiary alicyclic amines) is 2. The van der Waals surface area contributed by atoms with Crippen LogP contribution in [-0.4, -0.2) is 57.2 Å². The molecule has 5 heteroatoms. The molecular formula is C14H25N5. The minimum Gasteiger partial charge on any atom is -0.300 e. The van der Waals surface area contributed by atoms with Gasteiger partial charge in [-0.15, -0.1) is 0 Å². The fraction of sp³-hybridized carbons (Fsp3) is 0.857. The van der Waals surface area contributed by atoms with Gasteiger partial charge in [-0.2, -0.15) is 5.10 Å². The smallest absolute Gasteiger partial charge is 0.164 e. The highest BCUT2D eigenvalue weighted by Crippen LogP contribution is 2.21. The van der Waals surface area contributed by atoms with Crippen molar-refractivity contribution >= 4 is 0 Å². The van der Waals surface area contributed by atoms with Crippen molar-refractivity contribution in [2.75, 3.05) is 26.2 Å². The summed E-state index contributed by atoms with van der Waals surface area (Å²) in [5.74, 6) is 1.85. The van der Waals surface area contributed by atoms with E-state index >= 15 is 0 Å². The molecule has 3 heterocycles. The quantitative estimate of drug-likeness (QED) is 0.899. The molecule has 1 aromatic heterocycles. The van der Waals surface area contributed by atoms with E-state index in [2.05, 4.69) is 25.0 Å². The normalized spacial score (nSPS) is 23.8. The van der Waals surface area contributed by atoms with Crippen LogP contribution in [0.3, 0.4) is 0 Å². The van der Waals surface area contributed by atoms with Crippen molar-refractivity contribution in [2.45, 2.75) is 51.6 Å². The third-order valence-electron chi connectivity index (χ3n) is 4.47. The Kier molecular flexibility index (Phi) is 4.13. The van der Waals surface area contributed by atoms with E-state index in [1.807, 2.05) is 6.92 Å². The molecule has 0 aromatic carbocycles. The van der Waals surface area contributed by atoms with Crippen LogP contribution in [0.2, 0.25) is 0 Å². The molecule has 19 heavy (non-hydrogen) atoms. The van der Waals surface area contributed by atoms with Crippen LogP contribution in [0.1, 0.15) is 43.8 Å². The molecule has 5 nitrogen and oxygen atoms in total. The number of aromatic nitrogens is 3. The van der Waals surface area contributed by atoms with Gasteiger partial charge in [0.1, 0.15) is 5.82 Å². The number of aromatic amines is 1. The second-order valence-electron chi connectivity index (χ2n) is 5.94. The van der Waals surface area contributed by atoms with Crippen LogP contribution in [0.5, 0.6) is 0 Å². The van der Waals surface area contributed by atoms with Gasteiger partial charge in [-0.1, -0.05) is 6.42 Å². The number of aryl methyl sites for hydroxylation is 1. The Labute approximate surface area is 115 Å². The summed E-state index contributed by atoms with van der Waals surface area (Å²) >= 11 is 0. The molecule has 2 saturated heterocycles. The molecule has 2 aliphatic heterocycles. The fourth-order valence-corrected chi connectivity index (χ4v) is 3.39. The van der Waals surface area contributed by atoms with Crippen LogP contribution in [0.4, 0.5) is 0 Å². The zero-order valence-electron chi connectivity index (χ0n) is 11.9. The summed E-state index contributed by atoms with van der Waals surface area (Å²) in [5, 5.41) is 7.15. The van der Waals surface area contributed by atoms with Gasteiger partial charge in [0.05, 0.1) is 6.54 Å². The topological polar surface area (TPSA) is 48.1 Å². The van der Waals surface area contributed by atoms with Crippen LogP contribution < -0.4 is 0 Å². The standard InChI is InChI=1S/C14H25N5/c1-12-15-14(17-16-12)11-18-9-5-13(6-10-18)19-7-3-2-4-8-19/h13H,2-11H2,1H3,(H,15,16,17). The summed E-state index contributed by atoms with van der Waals surface area (Å²) in [5.41, 5.74) is 0. The number of nitrogens with zero attached hydrogens (tertiary/aromatic N) is 4. The Morgan fingerprint density at radius 3 is 2.47 bits per heavy atom. The summed E-state index contributed by atoms with van der Waals surface area (Å²) in [6.45, 7) is 7.88. The molecule has 0 aliphatic carbocycles. The molecule has 0 spiro atoms. The molecule has 1 aromatic rings. The van der Waals surface area contributed by atoms with Crippen molar-refractivity contribution in [3.8, 4) is 0 Å². The highest BCUT2D eigenvalue weighted by atomic mass is 15.3. The van der Waals surface area contributed by atoms with Gasteiger partial charge in [-0.05, 0) is 45.7 Å². The third kappa shape index (κ3) is 3.34. The largest absolute Gasteiger partial charge is 0.300 e. The summed E-state index contributed by atoms with van der Waals surface area (Å²) in [6, 6.07) is 0.824. The Hall–Kier alpha value is -0.940. The van der Waals surface area contributed by atoms with Crippen LogP contribution >= 0.6 is 0 Å². The van der Waals surface area contributed by atoms with E-state index in [4.69, 9.17) is 0 Å². The highest BCUT2D eigenvalue weighted by Gasteiger charge is 2.25. The van der Waals surface area contributed by atoms with E-state index in [1.54, 1.807) is 0 Å². The van der Waals surface area contributed by atoms with Crippen LogP contribution in [0.15, 0.2) is 0 Å². The molecule has 0 bridgehead atoms. The molecule has 2 aliphatic rings. The molecular weight excluding hydrogens is 238 g/mol. The van der Waals surface area contributed by atoms with Gasteiger partial charge < -0.3 is 4.90 Å². The molecule has 0 saturated carbocycles. The van der Waals surface area contributed by atoms with Crippen molar-refractivity contribution in [2.24, 2.45) is 0 Å². The van der Waals surface area contributed by atoms with Crippen LogP contribution in [0, 0.1) is 6.92 Å². The average Bonchev–Trinajstić information content (AvgIpc) is 2.86. The number of rotatable bonds is 3. The van der Waals surface area contributed by atoms with Gasteiger partial charge in [-0.3, -0.25) is 10.00 Å². The monoisotopic (exact) mass is 263 g/mol. The van der Waals surface area contributed by atoms with Gasteiger partial charge in [0, 0.05) is 19.1 Å². The second-order valence-corrected chi connectivity index (χ2v) is 5.94. The van der Waals surface area contributed by atoms with E-state index < -0.39 is 0 Å². The predicted molar refractivity (Wildman–Crippen MR) is 74.8 cm³/mol. The lowest BCUT2D eigenvalue weighted by atomic mass is 10.00. The van der Waals surface area contributed by atoms with Gasteiger partial charge in [0.2, 0.25) is 0 Å². The van der Waals surface area contributed by atoms with E-state index in [0.29, 0.717) is 0 Å². The highest BCUT2D eigenvalue weighted by molar-refractivity contribution is 4.89. The molecule has 106 valence electrons. The predicted octanol–water partition coefficient (Wildman–Crippen LogP) is 1.56. The van der Waals surface area contributed by atoms with E-state index in [-0.39, 0.29) is 0 Å². The Morgan fingerprint density at radius 1 is 1.11 bits per heavy atom. The number of hydrogen-bond acceptors (Lipinski definition) is 4. The molecule has 0 radical (unpaired) electrons. The maximum atomic E-state index is 4.39. The van der Waals surface area contributed by atoms with Crippen molar-refractivity contribution in [1.29, 1.82) is 0 Å². The first-order valence-corrected chi connectivity index (χ1v) is 7.65. The number of H-pyrrole nitrogens is 1. The lowest BCUT2D eigenvalue weighted by Gasteiger charge is -2.39. The zero-order chi connectivity index (χ0) is 13.1. The summed E-state index contributed by atoms with van der Waals surface area (Å²) in [6.07, 6.45) is 6.85. The van der Waals surface area contributed by atoms with Crippen molar-refractivity contribution < 1.29 is 0 Å². The molecule has 1 N–H and O–H groups in total. The van der Waals surface area contributed by atoms with E-state index in [9.17, 15) is 0 Å². The number of hydrogen-bond donors (Lipinski definition) is 1. The van der Waals surface area contributed by atoms with Gasteiger partial charge in [0.15, 0.2) is 5.82 Å². The van der Waals surface area contributed by atoms with Crippen molar-refractivity contribution in [1.82, 2.24) is 25.0 Å². The van der Waals surface area contributed by atoms with Crippen molar-refractivity contribution in [3.63, 3.8) is 0 Å². The van der Waals surface area contributed by atoms with Crippen LogP contribution in [-0.2, 0) is 6.54 Å². The second kappa shape index (κ2) is 6.01. The van der Waals surface area contributed by atoms with E-state index in [0.717, 1.165) is 24.2 Å². The van der Waals surface area contributed by atoms with E-state index in [1.165, 1.54) is 58.3 Å². The lowest BCUT2D eigenvalue weighted by molar-refractivity contribution is 0.0886. The zero-order valence-corrected chi connectivity index (χ0v) is 11.9. The average molecular weight is 263 g/mol. The Morgan fingerprint density at radius 2 is 1.84 bits per heavy atom. The first-order chi connectivity index (χ1) is 9.31. The molecule has 3 rings (SSSR count). The SMILES string of the molecule is Cc1nc(CN2CCC(N3CCCCC3)CC2)n[nH]1. The van der Waals surface area contributed by atoms with Gasteiger partial charge >= 0.3 is 0 Å². The fourth-order valence-electron chi connectivity index (χ4n) is 3.39. The molecule has 0 unspecified atom stereocenters. The van der Waals surface area contributed by atoms with Gasteiger partial charge in [0.25, 0.3) is 0 Å². The molecule has 2 fully saturated rings. The van der Waals surface area contributed by atoms with Crippen molar-refractivity contribution in [3.05, 3.63) is 11.6 Å². The first kappa shape index (κ1) is 13.1. The summed E-state index contributed by atoms with van der Waals surface area (Å²) < 4.78 is 0. The Bertz CT molecular complexity index is 388. The third-order valence-corrected chi connectivity index (χ3v) is 4.47. The first-order valence-electron chi connectivity index (χ1n) is 7.65.